The van der Waals surface area contributed by atoms with Crippen LogP contribution in [0.4, 0.5) is 8.78 Å². The van der Waals surface area contributed by atoms with Crippen molar-refractivity contribution in [1.82, 2.24) is 42.5 Å². The average molecular weight is 925 g/mol. The number of hydrogen-bond acceptors (Lipinski definition) is 16. The summed E-state index contributed by atoms with van der Waals surface area (Å²) < 4.78 is 29.7. The van der Waals surface area contributed by atoms with E-state index in [0.29, 0.717) is 12.8 Å². The fourth-order valence-corrected chi connectivity index (χ4v) is 7.23. The third kappa shape index (κ3) is 23.2. The zero-order valence-electron chi connectivity index (χ0n) is 38.7. The van der Waals surface area contributed by atoms with E-state index < -0.39 is 85.8 Å². The molecule has 1 saturated heterocycles. The third-order valence-corrected chi connectivity index (χ3v) is 10.8. The monoisotopic (exact) mass is 925 g/mol. The van der Waals surface area contributed by atoms with Gasteiger partial charge in [0.15, 0.2) is 58.9 Å². The molecule has 1 heterocycles. The van der Waals surface area contributed by atoms with Gasteiger partial charge in [-0.3, -0.25) is 49.0 Å². The Morgan fingerprint density at radius 1 is 0.409 bits per heavy atom. The summed E-state index contributed by atoms with van der Waals surface area (Å²) in [4.78, 5) is 105. The predicted molar refractivity (Wildman–Crippen MR) is 247 cm³/mol. The first-order valence-corrected chi connectivity index (χ1v) is 22.8. The second kappa shape index (κ2) is 30.6. The molecule has 3 rings (SSSR count). The van der Waals surface area contributed by atoms with E-state index in [4.69, 9.17) is 0 Å². The Hall–Kier alpha value is -4.66. The Kier molecular flexibility index (Phi) is 25.8. The lowest BCUT2D eigenvalue weighted by molar-refractivity contribution is -0.125. The maximum atomic E-state index is 14.9. The number of benzene rings is 2. The molecule has 2 aromatic carbocycles. The molecule has 0 bridgehead atoms. The maximum absolute atomic E-state index is 14.9. The molecule has 18 heteroatoms. The van der Waals surface area contributed by atoms with Gasteiger partial charge >= 0.3 is 0 Å². The number of carbonyl (C=O) groups is 8. The smallest absolute Gasteiger partial charge is 0.163 e. The molecule has 1 fully saturated rings. The molecule has 0 spiro atoms. The predicted octanol–water partition coefficient (Wildman–Crippen LogP) is 0.693. The van der Waals surface area contributed by atoms with Crippen LogP contribution >= 0.6 is 0 Å². The van der Waals surface area contributed by atoms with E-state index in [1.807, 2.05) is 88.4 Å². The number of nitrogens with one attached hydrogen (secondary N) is 8. The number of alkyl halides is 2. The first-order chi connectivity index (χ1) is 31.5. The average Bonchev–Trinajstić information content (AvgIpc) is 3.27. The summed E-state index contributed by atoms with van der Waals surface area (Å²) in [6, 6.07) is 15.0. The van der Waals surface area contributed by atoms with Crippen LogP contribution in [0.2, 0.25) is 0 Å². The highest BCUT2D eigenvalue weighted by atomic mass is 19.1. The molecule has 0 saturated carbocycles. The standard InChI is InChI=1S/C48H70F2N8O8/c1-31(2)15-39-45(65)29-55-41(17-33-11-7-5-8-12-33)43(63)27-51-21-36(60)20-48(50)58-26-38(62)24-54-40(16-32(3)4)46(66)30-56-42(18-34-13-9-6-10-14-34)44(64)28-52-22-35(59)19-47(49)57-25-37(61)23-53-39/h5-14,31-32,39-42,47-48,51-58H,15-30H2,1-4H3/t39-,40-,41-,42-,47?,48?/m0/s1. The van der Waals surface area contributed by atoms with Crippen molar-refractivity contribution in [3.63, 3.8) is 0 Å². The SMILES string of the molecule is CC(C)C[C@@H]1NCC(=O)CNC(F)CC(=O)CNCC(=O)[C@H](Cc2ccccc2)NCC(=O)[C@H](CC(C)C)NCC(=O)CNC(F)CC(=O)CNCC(=O)[C@H](Cc2ccccc2)NCC1=O. The van der Waals surface area contributed by atoms with Crippen LogP contribution in [0.15, 0.2) is 60.7 Å². The minimum atomic E-state index is -1.86. The number of carbonyl (C=O) groups excluding carboxylic acids is 8. The molecule has 0 aromatic heterocycles. The molecule has 16 nitrogen and oxygen atoms in total. The minimum absolute atomic E-state index is 0.0493. The topological polar surface area (TPSA) is 233 Å². The molecule has 2 aromatic rings. The summed E-state index contributed by atoms with van der Waals surface area (Å²) in [6.45, 7) is 4.62. The highest BCUT2D eigenvalue weighted by Crippen LogP contribution is 2.10. The summed E-state index contributed by atoms with van der Waals surface area (Å²) >= 11 is 0. The van der Waals surface area contributed by atoms with Gasteiger partial charge in [-0.1, -0.05) is 88.4 Å². The van der Waals surface area contributed by atoms with E-state index in [0.717, 1.165) is 11.1 Å². The first kappa shape index (κ1) is 55.7. The quantitative estimate of drug-likeness (QED) is 0.170. The highest BCUT2D eigenvalue weighted by molar-refractivity contribution is 5.92. The molecule has 8 N–H and O–H groups in total. The fraction of sp³-hybridized carbons (Fsp3) is 0.583. The summed E-state index contributed by atoms with van der Waals surface area (Å²) in [6.07, 6.45) is -3.67. The Balaban J connectivity index is 1.74. The van der Waals surface area contributed by atoms with Gasteiger partial charge in [-0.15, -0.1) is 0 Å². The lowest BCUT2D eigenvalue weighted by Gasteiger charge is -2.23. The molecular formula is C48H70F2N8O8. The van der Waals surface area contributed by atoms with Crippen LogP contribution in [0.25, 0.3) is 0 Å². The summed E-state index contributed by atoms with van der Waals surface area (Å²) in [5, 5.41) is 22.4. The zero-order valence-corrected chi connectivity index (χ0v) is 38.7. The van der Waals surface area contributed by atoms with Crippen molar-refractivity contribution in [1.29, 1.82) is 0 Å². The number of rotatable bonds is 8. The summed E-state index contributed by atoms with van der Waals surface area (Å²) in [5.74, 6) is -3.22. The van der Waals surface area contributed by atoms with E-state index in [1.54, 1.807) is 0 Å². The van der Waals surface area contributed by atoms with Gasteiger partial charge in [0.25, 0.3) is 0 Å². The Morgan fingerprint density at radius 2 is 0.727 bits per heavy atom. The fourth-order valence-electron chi connectivity index (χ4n) is 7.23. The Bertz CT molecular complexity index is 1740. The third-order valence-electron chi connectivity index (χ3n) is 10.8. The lowest BCUT2D eigenvalue weighted by atomic mass is 9.98. The Labute approximate surface area is 387 Å². The van der Waals surface area contributed by atoms with Crippen molar-refractivity contribution >= 4 is 46.3 Å². The number of Topliss-reactive ketones (excluding diaryl/α,β-unsaturated/α-hetero) is 8. The van der Waals surface area contributed by atoms with Crippen molar-refractivity contribution in [3.05, 3.63) is 71.8 Å². The van der Waals surface area contributed by atoms with Gasteiger partial charge in [-0.2, -0.15) is 0 Å². The van der Waals surface area contributed by atoms with Crippen LogP contribution < -0.4 is 42.5 Å². The summed E-state index contributed by atoms with van der Waals surface area (Å²) in [5.41, 5.74) is 1.64. The first-order valence-electron chi connectivity index (χ1n) is 22.8. The van der Waals surface area contributed by atoms with E-state index in [2.05, 4.69) is 42.5 Å². The minimum Gasteiger partial charge on any atom is -0.303 e. The number of hydrogen-bond donors (Lipinski definition) is 8. The van der Waals surface area contributed by atoms with Crippen molar-refractivity contribution in [2.24, 2.45) is 11.8 Å². The molecule has 2 unspecified atom stereocenters. The van der Waals surface area contributed by atoms with Crippen LogP contribution in [0, 0.1) is 11.8 Å². The van der Waals surface area contributed by atoms with Gasteiger partial charge in [-0.25, -0.2) is 8.78 Å². The zero-order chi connectivity index (χ0) is 48.4. The molecule has 1 aliphatic heterocycles. The number of ketones is 8. The Morgan fingerprint density at radius 3 is 1.08 bits per heavy atom. The maximum Gasteiger partial charge on any atom is 0.163 e. The second-order valence-electron chi connectivity index (χ2n) is 17.7. The number of halogens is 2. The second-order valence-corrected chi connectivity index (χ2v) is 17.7. The van der Waals surface area contributed by atoms with E-state index in [1.165, 1.54) is 0 Å². The molecular weight excluding hydrogens is 855 g/mol. The van der Waals surface area contributed by atoms with Crippen LogP contribution in [0.5, 0.6) is 0 Å². The molecule has 364 valence electrons. The highest BCUT2D eigenvalue weighted by Gasteiger charge is 2.27. The van der Waals surface area contributed by atoms with Gasteiger partial charge in [-0.05, 0) is 48.6 Å². The van der Waals surface area contributed by atoms with E-state index >= 15 is 0 Å². The van der Waals surface area contributed by atoms with Crippen LogP contribution in [-0.2, 0) is 51.2 Å². The van der Waals surface area contributed by atoms with Crippen molar-refractivity contribution < 1.29 is 47.1 Å². The van der Waals surface area contributed by atoms with Crippen molar-refractivity contribution in [2.75, 3.05) is 65.4 Å². The molecule has 66 heavy (non-hydrogen) atoms. The van der Waals surface area contributed by atoms with Gasteiger partial charge in [0.2, 0.25) is 0 Å². The molecule has 0 radical (unpaired) electrons. The molecule has 0 amide bonds. The van der Waals surface area contributed by atoms with E-state index in [-0.39, 0.29) is 100 Å². The van der Waals surface area contributed by atoms with Crippen LogP contribution in [0.3, 0.4) is 0 Å². The normalized spacial score (nSPS) is 25.3. The van der Waals surface area contributed by atoms with Crippen LogP contribution in [-0.4, -0.2) is 148 Å². The molecule has 6 atom stereocenters. The van der Waals surface area contributed by atoms with Crippen molar-refractivity contribution in [3.8, 4) is 0 Å². The molecule has 0 aliphatic carbocycles. The van der Waals surface area contributed by atoms with Gasteiger partial charge in [0.05, 0.1) is 102 Å². The van der Waals surface area contributed by atoms with E-state index in [9.17, 15) is 47.1 Å². The molecule has 1 aliphatic rings. The van der Waals surface area contributed by atoms with Crippen molar-refractivity contribution in [2.45, 2.75) is 103 Å². The van der Waals surface area contributed by atoms with Crippen LogP contribution in [0.1, 0.15) is 64.5 Å². The largest absolute Gasteiger partial charge is 0.303 e. The lowest BCUT2D eigenvalue weighted by Crippen LogP contribution is -2.50. The van der Waals surface area contributed by atoms with Gasteiger partial charge in [0, 0.05) is 0 Å². The van der Waals surface area contributed by atoms with Gasteiger partial charge in [0.1, 0.15) is 0 Å². The van der Waals surface area contributed by atoms with Gasteiger partial charge < -0.3 is 31.9 Å². The summed E-state index contributed by atoms with van der Waals surface area (Å²) in [7, 11) is 0.